The minimum atomic E-state index is -0.346. The number of halogens is 1. The molecule has 0 spiro atoms. The fraction of sp³-hybridized carbons (Fsp3) is 0.529. The number of aliphatic hydroxyl groups excluding tert-OH is 1. The van der Waals surface area contributed by atoms with Gasteiger partial charge < -0.3 is 15.2 Å². The first kappa shape index (κ1) is 20.9. The molecule has 0 saturated heterocycles. The topological polar surface area (TPSA) is 70.6 Å². The average Bonchev–Trinajstić information content (AvgIpc) is 2.53. The van der Waals surface area contributed by atoms with Crippen molar-refractivity contribution in [2.75, 3.05) is 13.2 Å². The summed E-state index contributed by atoms with van der Waals surface area (Å²) in [6.45, 7) is 6.66. The van der Waals surface area contributed by atoms with Crippen molar-refractivity contribution in [3.8, 4) is 5.75 Å². The number of carbonyl (C=O) groups excluding carboxylic acids is 1. The Labute approximate surface area is 157 Å². The number of rotatable bonds is 8. The zero-order valence-electron chi connectivity index (χ0n) is 14.3. The fourth-order valence-electron chi connectivity index (χ4n) is 1.88. The van der Waals surface area contributed by atoms with Gasteiger partial charge >= 0.3 is 0 Å². The van der Waals surface area contributed by atoms with Crippen LogP contribution in [0.5, 0.6) is 5.75 Å². The lowest BCUT2D eigenvalue weighted by molar-refractivity contribution is 0.0971. The summed E-state index contributed by atoms with van der Waals surface area (Å²) < 4.78 is 6.53. The maximum atomic E-state index is 12.5. The van der Waals surface area contributed by atoms with Crippen molar-refractivity contribution < 1.29 is 14.6 Å². The van der Waals surface area contributed by atoms with E-state index in [0.29, 0.717) is 30.3 Å². The van der Waals surface area contributed by atoms with E-state index in [2.05, 4.69) is 40.4 Å². The molecule has 0 bridgehead atoms. The van der Waals surface area contributed by atoms with Gasteiger partial charge in [-0.25, -0.2) is 0 Å². The summed E-state index contributed by atoms with van der Waals surface area (Å²) in [7, 11) is 0. The molecule has 0 radical (unpaired) electrons. The van der Waals surface area contributed by atoms with Crippen molar-refractivity contribution in [3.05, 3.63) is 28.2 Å². The molecule has 3 N–H and O–H groups in total. The summed E-state index contributed by atoms with van der Waals surface area (Å²) in [4.78, 5) is 12.5. The Kier molecular flexibility index (Phi) is 9.25. The number of thiocarbonyl (C=S) groups is 1. The second kappa shape index (κ2) is 10.6. The number of aliphatic hydroxyl groups is 1. The Morgan fingerprint density at radius 2 is 2.12 bits per heavy atom. The third-order valence-electron chi connectivity index (χ3n) is 3.41. The van der Waals surface area contributed by atoms with Crippen molar-refractivity contribution in [3.63, 3.8) is 0 Å². The van der Waals surface area contributed by atoms with Gasteiger partial charge in [-0.05, 0) is 49.2 Å². The van der Waals surface area contributed by atoms with E-state index in [-0.39, 0.29) is 23.7 Å². The van der Waals surface area contributed by atoms with Crippen LogP contribution in [-0.2, 0) is 0 Å². The van der Waals surface area contributed by atoms with Gasteiger partial charge in [0.05, 0.1) is 24.8 Å². The molecular weight excluding hydrogens is 392 g/mol. The first-order valence-corrected chi connectivity index (χ1v) is 9.22. The highest BCUT2D eigenvalue weighted by Gasteiger charge is 2.16. The lowest BCUT2D eigenvalue weighted by atomic mass is 10.1. The molecule has 7 heteroatoms. The van der Waals surface area contributed by atoms with Crippen LogP contribution in [0.25, 0.3) is 0 Å². The molecule has 0 aromatic heterocycles. The standard InChI is InChI=1S/C17H25BrN2O3S/c1-4-13(10-21)19-17(24)20-16(22)14-9-12(18)5-6-15(14)23-8-7-11(2)3/h5-6,9,11,13,21H,4,7-8,10H2,1-3H3,(H2,19,20,22,24). The van der Waals surface area contributed by atoms with Crippen LogP contribution >= 0.6 is 28.1 Å². The third kappa shape index (κ3) is 7.15. The van der Waals surface area contributed by atoms with E-state index in [1.807, 2.05) is 13.0 Å². The molecule has 1 unspecified atom stereocenters. The molecule has 1 amide bonds. The lowest BCUT2D eigenvalue weighted by Crippen LogP contribution is -2.45. The second-order valence-corrected chi connectivity index (χ2v) is 7.21. The number of hydrogen-bond donors (Lipinski definition) is 3. The maximum absolute atomic E-state index is 12.5. The SMILES string of the molecule is CCC(CO)NC(=S)NC(=O)c1cc(Br)ccc1OCCC(C)C. The van der Waals surface area contributed by atoms with Crippen molar-refractivity contribution >= 4 is 39.2 Å². The monoisotopic (exact) mass is 416 g/mol. The largest absolute Gasteiger partial charge is 0.493 e. The lowest BCUT2D eigenvalue weighted by Gasteiger charge is -2.17. The van der Waals surface area contributed by atoms with Gasteiger partial charge in [0.15, 0.2) is 5.11 Å². The summed E-state index contributed by atoms with van der Waals surface area (Å²) in [5, 5.41) is 14.9. The summed E-state index contributed by atoms with van der Waals surface area (Å²) in [5.74, 6) is 0.702. The molecule has 24 heavy (non-hydrogen) atoms. The predicted molar refractivity (Wildman–Crippen MR) is 103 cm³/mol. The van der Waals surface area contributed by atoms with E-state index >= 15 is 0 Å². The first-order valence-electron chi connectivity index (χ1n) is 8.02. The van der Waals surface area contributed by atoms with E-state index in [9.17, 15) is 9.90 Å². The van der Waals surface area contributed by atoms with Crippen LogP contribution in [0.4, 0.5) is 0 Å². The van der Waals surface area contributed by atoms with E-state index in [1.54, 1.807) is 12.1 Å². The van der Waals surface area contributed by atoms with Crippen LogP contribution in [0.2, 0.25) is 0 Å². The molecule has 0 heterocycles. The van der Waals surface area contributed by atoms with Crippen molar-refractivity contribution in [1.82, 2.24) is 10.6 Å². The van der Waals surface area contributed by atoms with E-state index in [1.165, 1.54) is 0 Å². The van der Waals surface area contributed by atoms with Gasteiger partial charge in [0, 0.05) is 4.47 Å². The van der Waals surface area contributed by atoms with E-state index in [4.69, 9.17) is 17.0 Å². The molecule has 1 rings (SSSR count). The Hall–Kier alpha value is -1.18. The highest BCUT2D eigenvalue weighted by Crippen LogP contribution is 2.23. The van der Waals surface area contributed by atoms with Gasteiger partial charge in [0.25, 0.3) is 5.91 Å². The van der Waals surface area contributed by atoms with Crippen LogP contribution in [0, 0.1) is 5.92 Å². The molecule has 0 aliphatic carbocycles. The Balaban J connectivity index is 2.77. The quantitative estimate of drug-likeness (QED) is 0.567. The van der Waals surface area contributed by atoms with Crippen LogP contribution < -0.4 is 15.4 Å². The second-order valence-electron chi connectivity index (χ2n) is 5.89. The highest BCUT2D eigenvalue weighted by atomic mass is 79.9. The third-order valence-corrected chi connectivity index (χ3v) is 4.13. The summed E-state index contributed by atoms with van der Waals surface area (Å²) in [5.41, 5.74) is 0.411. The number of ether oxygens (including phenoxy) is 1. The maximum Gasteiger partial charge on any atom is 0.261 e. The van der Waals surface area contributed by atoms with Gasteiger partial charge in [0.2, 0.25) is 0 Å². The average molecular weight is 417 g/mol. The molecule has 0 saturated carbocycles. The molecular formula is C17H25BrN2O3S. The Morgan fingerprint density at radius 3 is 2.71 bits per heavy atom. The molecule has 0 fully saturated rings. The number of benzene rings is 1. The van der Waals surface area contributed by atoms with Gasteiger partial charge in [-0.2, -0.15) is 0 Å². The molecule has 5 nitrogen and oxygen atoms in total. The zero-order chi connectivity index (χ0) is 18.1. The smallest absolute Gasteiger partial charge is 0.261 e. The van der Waals surface area contributed by atoms with Gasteiger partial charge in [-0.1, -0.05) is 36.7 Å². The molecule has 1 atom stereocenters. The molecule has 134 valence electrons. The van der Waals surface area contributed by atoms with Gasteiger partial charge in [0.1, 0.15) is 5.75 Å². The normalized spacial score (nSPS) is 11.9. The summed E-state index contributed by atoms with van der Waals surface area (Å²) in [6, 6.07) is 5.11. The number of amides is 1. The Morgan fingerprint density at radius 1 is 1.42 bits per heavy atom. The first-order chi connectivity index (χ1) is 11.4. The molecule has 0 aliphatic rings. The number of carbonyl (C=O) groups is 1. The fourth-order valence-corrected chi connectivity index (χ4v) is 2.50. The number of nitrogens with one attached hydrogen (secondary N) is 2. The van der Waals surface area contributed by atoms with Crippen LogP contribution in [0.1, 0.15) is 44.0 Å². The van der Waals surface area contributed by atoms with Gasteiger partial charge in [-0.15, -0.1) is 0 Å². The zero-order valence-corrected chi connectivity index (χ0v) is 16.7. The van der Waals surface area contributed by atoms with Crippen LogP contribution in [0.3, 0.4) is 0 Å². The van der Waals surface area contributed by atoms with Crippen molar-refractivity contribution in [1.29, 1.82) is 0 Å². The van der Waals surface area contributed by atoms with E-state index < -0.39 is 0 Å². The van der Waals surface area contributed by atoms with E-state index in [0.717, 1.165) is 10.9 Å². The van der Waals surface area contributed by atoms with Crippen molar-refractivity contribution in [2.24, 2.45) is 5.92 Å². The minimum absolute atomic E-state index is 0.0487. The predicted octanol–water partition coefficient (Wildman–Crippen LogP) is 3.25. The highest BCUT2D eigenvalue weighted by molar-refractivity contribution is 9.10. The summed E-state index contributed by atoms with van der Waals surface area (Å²) >= 11 is 8.50. The van der Waals surface area contributed by atoms with Gasteiger partial charge in [-0.3, -0.25) is 10.1 Å². The minimum Gasteiger partial charge on any atom is -0.493 e. The summed E-state index contributed by atoms with van der Waals surface area (Å²) in [6.07, 6.45) is 1.61. The Bertz CT molecular complexity index is 563. The molecule has 0 aliphatic heterocycles. The van der Waals surface area contributed by atoms with Crippen molar-refractivity contribution in [2.45, 2.75) is 39.7 Å². The number of hydrogen-bond acceptors (Lipinski definition) is 4. The molecule has 1 aromatic rings. The molecule has 1 aromatic carbocycles. The van der Waals surface area contributed by atoms with Crippen LogP contribution in [-0.4, -0.2) is 35.4 Å². The van der Waals surface area contributed by atoms with Crippen LogP contribution in [0.15, 0.2) is 22.7 Å².